The van der Waals surface area contributed by atoms with E-state index in [2.05, 4.69) is 27.7 Å². The van der Waals surface area contributed by atoms with Gasteiger partial charge in [-0.1, -0.05) is 27.7 Å². The molecule has 0 aromatic rings. The lowest BCUT2D eigenvalue weighted by Crippen LogP contribution is -2.39. The van der Waals surface area contributed by atoms with Gasteiger partial charge in [-0.15, -0.1) is 0 Å². The molecule has 3 unspecified atom stereocenters. The number of aliphatic hydroxyl groups is 1. The molecule has 0 bridgehead atoms. The van der Waals surface area contributed by atoms with Crippen LogP contribution in [0.25, 0.3) is 0 Å². The largest absolute Gasteiger partial charge is 0.393 e. The van der Waals surface area contributed by atoms with Crippen molar-refractivity contribution in [3.05, 3.63) is 0 Å². The predicted molar refractivity (Wildman–Crippen MR) is 47.3 cm³/mol. The van der Waals surface area contributed by atoms with Gasteiger partial charge >= 0.3 is 0 Å². The highest BCUT2D eigenvalue weighted by Crippen LogP contribution is 2.43. The average molecular weight is 156 g/mol. The second-order valence-electron chi connectivity index (χ2n) is 4.74. The Kier molecular flexibility index (Phi) is 2.29. The van der Waals surface area contributed by atoms with E-state index >= 15 is 0 Å². The van der Waals surface area contributed by atoms with Crippen molar-refractivity contribution in [1.82, 2.24) is 0 Å². The standard InChI is InChI=1S/C10H20O/c1-7-8(2)10(3,4)6-5-9(7)11/h7-9,11H,5-6H2,1-4H3. The van der Waals surface area contributed by atoms with Crippen LogP contribution in [-0.4, -0.2) is 11.2 Å². The third-order valence-electron chi connectivity index (χ3n) is 3.71. The molecule has 1 N–H and O–H groups in total. The third kappa shape index (κ3) is 1.58. The quantitative estimate of drug-likeness (QED) is 0.571. The fourth-order valence-electron chi connectivity index (χ4n) is 2.06. The monoisotopic (exact) mass is 156 g/mol. The highest BCUT2D eigenvalue weighted by atomic mass is 16.3. The molecule has 0 amide bonds. The molecule has 1 heteroatoms. The summed E-state index contributed by atoms with van der Waals surface area (Å²) in [5.74, 6) is 1.12. The van der Waals surface area contributed by atoms with E-state index in [1.807, 2.05) is 0 Å². The maximum Gasteiger partial charge on any atom is 0.0568 e. The van der Waals surface area contributed by atoms with Gasteiger partial charge in [0.2, 0.25) is 0 Å². The molecule has 0 heterocycles. The first-order valence-corrected chi connectivity index (χ1v) is 4.63. The van der Waals surface area contributed by atoms with E-state index in [0.717, 1.165) is 6.42 Å². The summed E-state index contributed by atoms with van der Waals surface area (Å²) in [7, 11) is 0. The topological polar surface area (TPSA) is 20.2 Å². The number of hydrogen-bond acceptors (Lipinski definition) is 1. The zero-order valence-corrected chi connectivity index (χ0v) is 8.09. The van der Waals surface area contributed by atoms with Crippen LogP contribution in [0, 0.1) is 17.3 Å². The summed E-state index contributed by atoms with van der Waals surface area (Å²) >= 11 is 0. The molecular formula is C10H20O. The molecule has 1 aliphatic rings. The Morgan fingerprint density at radius 2 is 1.82 bits per heavy atom. The van der Waals surface area contributed by atoms with Gasteiger partial charge in [0.1, 0.15) is 0 Å². The Morgan fingerprint density at radius 1 is 1.27 bits per heavy atom. The molecule has 0 aromatic heterocycles. The average Bonchev–Trinajstić information content (AvgIpc) is 1.95. The van der Waals surface area contributed by atoms with Crippen LogP contribution in [0.2, 0.25) is 0 Å². The lowest BCUT2D eigenvalue weighted by atomic mass is 9.64. The minimum Gasteiger partial charge on any atom is -0.393 e. The Morgan fingerprint density at radius 3 is 2.27 bits per heavy atom. The smallest absolute Gasteiger partial charge is 0.0568 e. The SMILES string of the molecule is CC1C(O)CCC(C)(C)C1C. The molecule has 0 aromatic carbocycles. The van der Waals surface area contributed by atoms with Gasteiger partial charge in [-0.25, -0.2) is 0 Å². The summed E-state index contributed by atoms with van der Waals surface area (Å²) in [4.78, 5) is 0. The Hall–Kier alpha value is -0.0400. The zero-order chi connectivity index (χ0) is 8.65. The van der Waals surface area contributed by atoms with E-state index in [0.29, 0.717) is 17.3 Å². The van der Waals surface area contributed by atoms with E-state index in [1.165, 1.54) is 6.42 Å². The van der Waals surface area contributed by atoms with Gasteiger partial charge in [0.25, 0.3) is 0 Å². The first kappa shape index (κ1) is 9.05. The third-order valence-corrected chi connectivity index (χ3v) is 3.71. The van der Waals surface area contributed by atoms with Crippen molar-refractivity contribution in [3.8, 4) is 0 Å². The molecule has 1 fully saturated rings. The van der Waals surface area contributed by atoms with Crippen molar-refractivity contribution >= 4 is 0 Å². The van der Waals surface area contributed by atoms with Crippen molar-refractivity contribution in [2.75, 3.05) is 0 Å². The van der Waals surface area contributed by atoms with E-state index < -0.39 is 0 Å². The lowest BCUT2D eigenvalue weighted by Gasteiger charge is -2.43. The van der Waals surface area contributed by atoms with Crippen LogP contribution in [0.1, 0.15) is 40.5 Å². The molecule has 1 saturated carbocycles. The summed E-state index contributed by atoms with van der Waals surface area (Å²) in [5.41, 5.74) is 0.429. The molecule has 0 spiro atoms. The zero-order valence-electron chi connectivity index (χ0n) is 8.09. The second-order valence-corrected chi connectivity index (χ2v) is 4.74. The Labute approximate surface area is 69.8 Å². The minimum absolute atomic E-state index is 0.0574. The fraction of sp³-hybridized carbons (Fsp3) is 1.00. The van der Waals surface area contributed by atoms with Gasteiger partial charge in [-0.2, -0.15) is 0 Å². The van der Waals surface area contributed by atoms with Crippen molar-refractivity contribution in [2.45, 2.75) is 46.6 Å². The van der Waals surface area contributed by atoms with Crippen LogP contribution in [-0.2, 0) is 0 Å². The molecule has 66 valence electrons. The molecule has 1 rings (SSSR count). The highest BCUT2D eigenvalue weighted by Gasteiger charge is 2.37. The van der Waals surface area contributed by atoms with Crippen LogP contribution in [0.3, 0.4) is 0 Å². The molecule has 3 atom stereocenters. The highest BCUT2D eigenvalue weighted by molar-refractivity contribution is 4.87. The van der Waals surface area contributed by atoms with Crippen molar-refractivity contribution < 1.29 is 5.11 Å². The lowest BCUT2D eigenvalue weighted by molar-refractivity contribution is -0.0165. The maximum absolute atomic E-state index is 9.58. The Balaban J connectivity index is 2.67. The molecule has 0 aliphatic heterocycles. The maximum atomic E-state index is 9.58. The first-order chi connectivity index (χ1) is 4.95. The number of hydrogen-bond donors (Lipinski definition) is 1. The molecule has 1 nitrogen and oxygen atoms in total. The van der Waals surface area contributed by atoms with Crippen LogP contribution in [0.4, 0.5) is 0 Å². The van der Waals surface area contributed by atoms with Crippen LogP contribution < -0.4 is 0 Å². The summed E-state index contributed by atoms with van der Waals surface area (Å²) in [5, 5.41) is 9.58. The van der Waals surface area contributed by atoms with E-state index in [4.69, 9.17) is 0 Å². The molecule has 11 heavy (non-hydrogen) atoms. The van der Waals surface area contributed by atoms with Gasteiger partial charge < -0.3 is 5.11 Å². The summed E-state index contributed by atoms with van der Waals surface area (Å²) in [6.07, 6.45) is 2.09. The van der Waals surface area contributed by atoms with Crippen LogP contribution in [0.5, 0.6) is 0 Å². The van der Waals surface area contributed by atoms with Crippen molar-refractivity contribution in [1.29, 1.82) is 0 Å². The summed E-state index contributed by atoms with van der Waals surface area (Å²) < 4.78 is 0. The van der Waals surface area contributed by atoms with Crippen molar-refractivity contribution in [3.63, 3.8) is 0 Å². The molecule has 1 aliphatic carbocycles. The molecular weight excluding hydrogens is 136 g/mol. The van der Waals surface area contributed by atoms with Crippen LogP contribution >= 0.6 is 0 Å². The van der Waals surface area contributed by atoms with E-state index in [-0.39, 0.29) is 6.10 Å². The Bertz CT molecular complexity index is 140. The predicted octanol–water partition coefficient (Wildman–Crippen LogP) is 2.44. The van der Waals surface area contributed by atoms with Gasteiger partial charge in [0.15, 0.2) is 0 Å². The number of aliphatic hydroxyl groups excluding tert-OH is 1. The second kappa shape index (κ2) is 2.78. The normalized spacial score (nSPS) is 43.9. The molecule has 0 saturated heterocycles. The van der Waals surface area contributed by atoms with E-state index in [1.54, 1.807) is 0 Å². The fourth-order valence-corrected chi connectivity index (χ4v) is 2.06. The first-order valence-electron chi connectivity index (χ1n) is 4.63. The van der Waals surface area contributed by atoms with Gasteiger partial charge in [-0.3, -0.25) is 0 Å². The summed E-state index contributed by atoms with van der Waals surface area (Å²) in [6.45, 7) is 9.03. The van der Waals surface area contributed by atoms with Crippen LogP contribution in [0.15, 0.2) is 0 Å². The van der Waals surface area contributed by atoms with Crippen molar-refractivity contribution in [2.24, 2.45) is 17.3 Å². The van der Waals surface area contributed by atoms with Gasteiger partial charge in [0, 0.05) is 0 Å². The summed E-state index contributed by atoms with van der Waals surface area (Å²) in [6, 6.07) is 0. The molecule has 0 radical (unpaired) electrons. The van der Waals surface area contributed by atoms with Gasteiger partial charge in [-0.05, 0) is 30.1 Å². The minimum atomic E-state index is -0.0574. The number of rotatable bonds is 0. The van der Waals surface area contributed by atoms with Gasteiger partial charge in [0.05, 0.1) is 6.10 Å². The van der Waals surface area contributed by atoms with E-state index in [9.17, 15) is 5.11 Å².